The van der Waals surface area contributed by atoms with E-state index in [0.29, 0.717) is 32.8 Å². The number of esters is 1. The standard InChI is InChI=1S/C29H27NO7S/c1-16(27(32)30-28-23(29(33)35-3)20-9-5-7-11-22(20)38-28)36-26-24(31)19-8-4-6-10-21(19)37-25(26)17-12-14-18(34-2)15-13-17/h4,6,8,10,12-16H,5,7,9,11H2,1-3H3,(H,30,32). The Morgan fingerprint density at radius 2 is 1.76 bits per heavy atom. The number of aryl methyl sites for hydroxylation is 1. The molecule has 9 heteroatoms. The van der Waals surface area contributed by atoms with E-state index >= 15 is 0 Å². The molecule has 1 aliphatic carbocycles. The summed E-state index contributed by atoms with van der Waals surface area (Å²) in [5.74, 6) is -0.201. The van der Waals surface area contributed by atoms with Gasteiger partial charge in [0.2, 0.25) is 11.2 Å². The summed E-state index contributed by atoms with van der Waals surface area (Å²) in [7, 11) is 2.89. The van der Waals surface area contributed by atoms with Crippen molar-refractivity contribution in [3.8, 4) is 22.8 Å². The number of benzene rings is 2. The average Bonchev–Trinajstić information content (AvgIpc) is 3.31. The van der Waals surface area contributed by atoms with E-state index < -0.39 is 18.0 Å². The quantitative estimate of drug-likeness (QED) is 0.308. The number of anilines is 1. The molecular weight excluding hydrogens is 506 g/mol. The molecule has 0 saturated heterocycles. The third-order valence-electron chi connectivity index (χ3n) is 6.57. The summed E-state index contributed by atoms with van der Waals surface area (Å²) in [5, 5.41) is 3.61. The summed E-state index contributed by atoms with van der Waals surface area (Å²) in [6.45, 7) is 1.55. The number of ether oxygens (including phenoxy) is 3. The van der Waals surface area contributed by atoms with Gasteiger partial charge in [-0.1, -0.05) is 12.1 Å². The Morgan fingerprint density at radius 1 is 1.03 bits per heavy atom. The highest BCUT2D eigenvalue weighted by molar-refractivity contribution is 7.17. The fourth-order valence-corrected chi connectivity index (χ4v) is 5.86. The lowest BCUT2D eigenvalue weighted by molar-refractivity contribution is -0.122. The maximum atomic E-state index is 13.5. The van der Waals surface area contributed by atoms with Crippen LogP contribution in [0.25, 0.3) is 22.3 Å². The number of nitrogens with one attached hydrogen (secondary N) is 1. The van der Waals surface area contributed by atoms with Crippen molar-refractivity contribution < 1.29 is 28.2 Å². The minimum absolute atomic E-state index is 0.0739. The largest absolute Gasteiger partial charge is 0.497 e. The van der Waals surface area contributed by atoms with E-state index in [1.54, 1.807) is 62.6 Å². The van der Waals surface area contributed by atoms with E-state index in [1.165, 1.54) is 18.4 Å². The Kier molecular flexibility index (Phi) is 7.20. The highest BCUT2D eigenvalue weighted by Gasteiger charge is 2.29. The Bertz CT molecular complexity index is 1570. The highest BCUT2D eigenvalue weighted by atomic mass is 32.1. The summed E-state index contributed by atoms with van der Waals surface area (Å²) in [6, 6.07) is 13.9. The monoisotopic (exact) mass is 533 g/mol. The molecule has 0 spiro atoms. The van der Waals surface area contributed by atoms with Crippen LogP contribution in [0.15, 0.2) is 57.7 Å². The Labute approximate surface area is 223 Å². The molecule has 0 aliphatic heterocycles. The SMILES string of the molecule is COC(=O)c1c(NC(=O)C(C)Oc2c(-c3ccc(OC)cc3)oc3ccccc3c2=O)sc2c1CCCC2. The van der Waals surface area contributed by atoms with E-state index in [2.05, 4.69) is 5.32 Å². The second-order valence-electron chi connectivity index (χ2n) is 8.97. The highest BCUT2D eigenvalue weighted by Crippen LogP contribution is 2.39. The van der Waals surface area contributed by atoms with Crippen LogP contribution in [-0.4, -0.2) is 32.2 Å². The molecule has 2 aromatic carbocycles. The van der Waals surface area contributed by atoms with E-state index in [0.717, 1.165) is 36.1 Å². The van der Waals surface area contributed by atoms with Crippen LogP contribution in [0.1, 0.15) is 40.6 Å². The minimum atomic E-state index is -1.07. The predicted molar refractivity (Wildman–Crippen MR) is 145 cm³/mol. The van der Waals surface area contributed by atoms with E-state index in [1.807, 2.05) is 0 Å². The van der Waals surface area contributed by atoms with Gasteiger partial charge in [0.1, 0.15) is 16.3 Å². The number of para-hydroxylation sites is 1. The van der Waals surface area contributed by atoms with E-state index in [4.69, 9.17) is 18.6 Å². The number of thiophene rings is 1. The first-order chi connectivity index (χ1) is 18.4. The molecule has 8 nitrogen and oxygen atoms in total. The molecule has 0 radical (unpaired) electrons. The zero-order valence-electron chi connectivity index (χ0n) is 21.3. The smallest absolute Gasteiger partial charge is 0.341 e. The maximum Gasteiger partial charge on any atom is 0.341 e. The third kappa shape index (κ3) is 4.77. The molecule has 2 aromatic heterocycles. The van der Waals surface area contributed by atoms with Gasteiger partial charge in [0.05, 0.1) is 25.2 Å². The lowest BCUT2D eigenvalue weighted by atomic mass is 9.95. The van der Waals surface area contributed by atoms with Crippen LogP contribution in [0.2, 0.25) is 0 Å². The van der Waals surface area contributed by atoms with Crippen molar-refractivity contribution in [3.63, 3.8) is 0 Å². The second kappa shape index (κ2) is 10.7. The van der Waals surface area contributed by atoms with Gasteiger partial charge < -0.3 is 23.9 Å². The van der Waals surface area contributed by atoms with Crippen LogP contribution in [-0.2, 0) is 22.4 Å². The molecule has 1 unspecified atom stereocenters. The number of hydrogen-bond acceptors (Lipinski definition) is 8. The number of methoxy groups -OCH3 is 2. The van der Waals surface area contributed by atoms with Gasteiger partial charge in [-0.25, -0.2) is 4.79 Å². The zero-order valence-corrected chi connectivity index (χ0v) is 22.1. The summed E-state index contributed by atoms with van der Waals surface area (Å²) < 4.78 is 22.3. The first kappa shape index (κ1) is 25.5. The molecule has 1 amide bonds. The van der Waals surface area contributed by atoms with Gasteiger partial charge in [0.25, 0.3) is 5.91 Å². The fraction of sp³-hybridized carbons (Fsp3) is 0.276. The molecule has 0 fully saturated rings. The van der Waals surface area contributed by atoms with Crippen LogP contribution >= 0.6 is 11.3 Å². The molecule has 5 rings (SSSR count). The van der Waals surface area contributed by atoms with E-state index in [-0.39, 0.29) is 16.9 Å². The first-order valence-electron chi connectivity index (χ1n) is 12.3. The summed E-state index contributed by atoms with van der Waals surface area (Å²) >= 11 is 1.39. The van der Waals surface area contributed by atoms with Gasteiger partial charge >= 0.3 is 5.97 Å². The predicted octanol–water partition coefficient (Wildman–Crippen LogP) is 5.60. The van der Waals surface area contributed by atoms with Crippen LogP contribution < -0.4 is 20.2 Å². The lowest BCUT2D eigenvalue weighted by Gasteiger charge is -2.17. The number of carbonyl (C=O) groups excluding carboxylic acids is 2. The molecule has 2 heterocycles. The van der Waals surface area contributed by atoms with Gasteiger partial charge in [-0.3, -0.25) is 9.59 Å². The summed E-state index contributed by atoms with van der Waals surface area (Å²) in [5.41, 5.74) is 1.94. The molecule has 1 aliphatic rings. The Balaban J connectivity index is 1.49. The molecule has 4 aromatic rings. The van der Waals surface area contributed by atoms with Crippen molar-refractivity contribution in [1.29, 1.82) is 0 Å². The lowest BCUT2D eigenvalue weighted by Crippen LogP contribution is -2.32. The molecule has 38 heavy (non-hydrogen) atoms. The second-order valence-corrected chi connectivity index (χ2v) is 10.1. The molecule has 0 bridgehead atoms. The van der Waals surface area contributed by atoms with Gasteiger partial charge in [-0.2, -0.15) is 0 Å². The third-order valence-corrected chi connectivity index (χ3v) is 7.78. The van der Waals surface area contributed by atoms with Crippen molar-refractivity contribution >= 4 is 39.2 Å². The Morgan fingerprint density at radius 3 is 2.50 bits per heavy atom. The fourth-order valence-electron chi connectivity index (χ4n) is 4.58. The van der Waals surface area contributed by atoms with E-state index in [9.17, 15) is 14.4 Å². The molecule has 0 saturated carbocycles. The van der Waals surface area contributed by atoms with Crippen molar-refractivity contribution in [3.05, 3.63) is 74.8 Å². The van der Waals surface area contributed by atoms with Crippen molar-refractivity contribution in [2.24, 2.45) is 0 Å². The number of carbonyl (C=O) groups is 2. The first-order valence-corrected chi connectivity index (χ1v) is 13.1. The maximum absolute atomic E-state index is 13.5. The van der Waals surface area contributed by atoms with Crippen LogP contribution in [0.4, 0.5) is 5.00 Å². The van der Waals surface area contributed by atoms with Gasteiger partial charge in [0, 0.05) is 10.4 Å². The van der Waals surface area contributed by atoms with Crippen LogP contribution in [0.5, 0.6) is 11.5 Å². The molecular formula is C29H27NO7S. The molecule has 196 valence electrons. The Hall–Kier alpha value is -4.11. The summed E-state index contributed by atoms with van der Waals surface area (Å²) in [4.78, 5) is 40.4. The van der Waals surface area contributed by atoms with Crippen molar-refractivity contribution in [2.45, 2.75) is 38.7 Å². The molecule has 1 atom stereocenters. The number of amides is 1. The minimum Gasteiger partial charge on any atom is -0.497 e. The van der Waals surface area contributed by atoms with Gasteiger partial charge in [0.15, 0.2) is 11.9 Å². The van der Waals surface area contributed by atoms with Crippen LogP contribution in [0, 0.1) is 0 Å². The van der Waals surface area contributed by atoms with Crippen molar-refractivity contribution in [2.75, 3.05) is 19.5 Å². The number of hydrogen-bond donors (Lipinski definition) is 1. The number of fused-ring (bicyclic) bond motifs is 2. The number of rotatable bonds is 7. The normalized spacial score (nSPS) is 13.4. The molecule has 1 N–H and O–H groups in total. The topological polar surface area (TPSA) is 104 Å². The zero-order chi connectivity index (χ0) is 26.8. The van der Waals surface area contributed by atoms with Gasteiger partial charge in [-0.05, 0) is 74.6 Å². The average molecular weight is 534 g/mol. The van der Waals surface area contributed by atoms with Crippen molar-refractivity contribution in [1.82, 2.24) is 0 Å². The summed E-state index contributed by atoms with van der Waals surface area (Å²) in [6.07, 6.45) is 2.57. The van der Waals surface area contributed by atoms with Gasteiger partial charge in [-0.15, -0.1) is 11.3 Å². The van der Waals surface area contributed by atoms with Crippen LogP contribution in [0.3, 0.4) is 0 Å².